The van der Waals surface area contributed by atoms with Crippen LogP contribution in [0.3, 0.4) is 0 Å². The van der Waals surface area contributed by atoms with Crippen molar-refractivity contribution in [1.82, 2.24) is 10.2 Å². The number of amides is 2. The van der Waals surface area contributed by atoms with Gasteiger partial charge in [0.25, 0.3) is 0 Å². The number of hydrogen-bond donors (Lipinski definition) is 3. The van der Waals surface area contributed by atoms with Crippen molar-refractivity contribution >= 4 is 12.0 Å². The third-order valence-electron chi connectivity index (χ3n) is 4.45. The van der Waals surface area contributed by atoms with E-state index >= 15 is 0 Å². The predicted molar refractivity (Wildman–Crippen MR) is 75.4 cm³/mol. The zero-order chi connectivity index (χ0) is 15.2. The molecule has 20 heavy (non-hydrogen) atoms. The van der Waals surface area contributed by atoms with Gasteiger partial charge in [0.05, 0.1) is 5.41 Å². The number of carboxylic acid groups (broad SMARTS) is 1. The van der Waals surface area contributed by atoms with Crippen LogP contribution in [-0.4, -0.2) is 53.4 Å². The molecule has 0 aliphatic carbocycles. The van der Waals surface area contributed by atoms with Crippen LogP contribution in [-0.2, 0) is 4.79 Å². The molecule has 0 bridgehead atoms. The van der Waals surface area contributed by atoms with Crippen molar-refractivity contribution in [2.45, 2.75) is 39.5 Å². The van der Waals surface area contributed by atoms with Gasteiger partial charge in [0, 0.05) is 26.2 Å². The lowest BCUT2D eigenvalue weighted by atomic mass is 9.82. The van der Waals surface area contributed by atoms with Crippen molar-refractivity contribution in [3.63, 3.8) is 0 Å². The van der Waals surface area contributed by atoms with Crippen LogP contribution in [0.2, 0.25) is 0 Å². The molecule has 6 heteroatoms. The molecule has 1 saturated heterocycles. The normalized spacial score (nSPS) is 19.8. The summed E-state index contributed by atoms with van der Waals surface area (Å²) in [6, 6.07) is -0.226. The highest BCUT2D eigenvalue weighted by Gasteiger charge is 2.35. The fourth-order valence-electron chi connectivity index (χ4n) is 2.63. The van der Waals surface area contributed by atoms with Gasteiger partial charge in [-0.3, -0.25) is 4.79 Å². The maximum absolute atomic E-state index is 12.1. The van der Waals surface area contributed by atoms with Crippen LogP contribution < -0.4 is 5.32 Å². The first-order valence-electron chi connectivity index (χ1n) is 7.36. The summed E-state index contributed by atoms with van der Waals surface area (Å²) in [5.41, 5.74) is -0.887. The van der Waals surface area contributed by atoms with Gasteiger partial charge in [-0.1, -0.05) is 13.8 Å². The molecule has 1 rings (SSSR count). The summed E-state index contributed by atoms with van der Waals surface area (Å²) < 4.78 is 0. The number of carbonyl (C=O) groups excluding carboxylic acids is 1. The van der Waals surface area contributed by atoms with E-state index < -0.39 is 11.4 Å². The summed E-state index contributed by atoms with van der Waals surface area (Å²) in [6.07, 6.45) is 2.78. The Bertz CT molecular complexity index is 342. The number of carboxylic acids is 1. The summed E-state index contributed by atoms with van der Waals surface area (Å²) in [4.78, 5) is 25.1. The SMILES string of the molecule is CCC(CC)(CNC(=O)N1CCCC(CO)C1)C(=O)O. The van der Waals surface area contributed by atoms with E-state index in [1.807, 2.05) is 13.8 Å². The third-order valence-corrected chi connectivity index (χ3v) is 4.45. The summed E-state index contributed by atoms with van der Waals surface area (Å²) in [6.45, 7) is 5.10. The highest BCUT2D eigenvalue weighted by atomic mass is 16.4. The molecule has 1 heterocycles. The summed E-state index contributed by atoms with van der Waals surface area (Å²) >= 11 is 0. The Morgan fingerprint density at radius 3 is 2.50 bits per heavy atom. The number of hydrogen-bond acceptors (Lipinski definition) is 3. The molecule has 0 aromatic rings. The Balaban J connectivity index is 2.55. The fourth-order valence-corrected chi connectivity index (χ4v) is 2.63. The van der Waals surface area contributed by atoms with Crippen molar-refractivity contribution in [1.29, 1.82) is 0 Å². The van der Waals surface area contributed by atoms with E-state index in [9.17, 15) is 14.7 Å². The number of aliphatic hydroxyl groups excluding tert-OH is 1. The molecule has 1 aliphatic heterocycles. The number of carbonyl (C=O) groups is 2. The van der Waals surface area contributed by atoms with Crippen LogP contribution in [0.5, 0.6) is 0 Å². The average molecular weight is 286 g/mol. The van der Waals surface area contributed by atoms with Gasteiger partial charge in [-0.05, 0) is 31.6 Å². The van der Waals surface area contributed by atoms with Gasteiger partial charge in [-0.15, -0.1) is 0 Å². The molecule has 1 fully saturated rings. The molecule has 2 amide bonds. The Morgan fingerprint density at radius 1 is 1.35 bits per heavy atom. The minimum absolute atomic E-state index is 0.0900. The third kappa shape index (κ3) is 3.85. The van der Waals surface area contributed by atoms with E-state index in [1.54, 1.807) is 4.90 Å². The molecule has 1 aliphatic rings. The minimum atomic E-state index is -0.887. The fraction of sp³-hybridized carbons (Fsp3) is 0.857. The lowest BCUT2D eigenvalue weighted by Gasteiger charge is -2.33. The lowest BCUT2D eigenvalue weighted by molar-refractivity contribution is -0.149. The van der Waals surface area contributed by atoms with Gasteiger partial charge in [0.2, 0.25) is 0 Å². The Kier molecular flexibility index (Phi) is 6.26. The summed E-state index contributed by atoms with van der Waals surface area (Å²) in [5, 5.41) is 21.2. The molecule has 116 valence electrons. The molecule has 0 aromatic carbocycles. The van der Waals surface area contributed by atoms with Gasteiger partial charge >= 0.3 is 12.0 Å². The van der Waals surface area contributed by atoms with E-state index in [-0.39, 0.29) is 25.1 Å². The number of nitrogens with zero attached hydrogens (tertiary/aromatic N) is 1. The summed E-state index contributed by atoms with van der Waals surface area (Å²) in [7, 11) is 0. The monoisotopic (exact) mass is 286 g/mol. The van der Waals surface area contributed by atoms with E-state index in [4.69, 9.17) is 5.11 Å². The number of aliphatic carboxylic acids is 1. The van der Waals surface area contributed by atoms with Gasteiger partial charge in [-0.25, -0.2) is 4.79 Å². The van der Waals surface area contributed by atoms with Crippen molar-refractivity contribution in [2.24, 2.45) is 11.3 Å². The molecule has 3 N–H and O–H groups in total. The highest BCUT2D eigenvalue weighted by Crippen LogP contribution is 2.26. The number of urea groups is 1. The number of piperidine rings is 1. The molecule has 0 radical (unpaired) electrons. The van der Waals surface area contributed by atoms with Gasteiger partial charge in [0.1, 0.15) is 0 Å². The van der Waals surface area contributed by atoms with E-state index in [0.29, 0.717) is 25.9 Å². The van der Waals surface area contributed by atoms with Crippen LogP contribution in [0.1, 0.15) is 39.5 Å². The van der Waals surface area contributed by atoms with E-state index in [0.717, 1.165) is 12.8 Å². The Morgan fingerprint density at radius 2 is 2.00 bits per heavy atom. The minimum Gasteiger partial charge on any atom is -0.481 e. The molecule has 1 unspecified atom stereocenters. The zero-order valence-electron chi connectivity index (χ0n) is 12.4. The molecule has 0 spiro atoms. The van der Waals surface area contributed by atoms with Crippen molar-refractivity contribution in [2.75, 3.05) is 26.2 Å². The van der Waals surface area contributed by atoms with E-state index in [1.165, 1.54) is 0 Å². The van der Waals surface area contributed by atoms with Gasteiger partial charge in [-0.2, -0.15) is 0 Å². The Hall–Kier alpha value is -1.30. The maximum Gasteiger partial charge on any atom is 0.317 e. The second-order valence-corrected chi connectivity index (χ2v) is 5.59. The van der Waals surface area contributed by atoms with Crippen LogP contribution in [0.15, 0.2) is 0 Å². The Labute approximate surface area is 120 Å². The molecule has 1 atom stereocenters. The number of nitrogens with one attached hydrogen (secondary N) is 1. The second kappa shape index (κ2) is 7.47. The highest BCUT2D eigenvalue weighted by molar-refractivity contribution is 5.78. The first kappa shape index (κ1) is 16.8. The molecule has 0 aromatic heterocycles. The number of rotatable bonds is 6. The first-order chi connectivity index (χ1) is 9.49. The number of likely N-dealkylation sites (tertiary alicyclic amines) is 1. The average Bonchev–Trinajstić information content (AvgIpc) is 2.48. The predicted octanol–water partition coefficient (Wildman–Crippen LogP) is 1.29. The smallest absolute Gasteiger partial charge is 0.317 e. The standard InChI is InChI=1S/C14H26N2O4/c1-3-14(4-2,12(18)19)10-15-13(20)16-7-5-6-11(8-16)9-17/h11,17H,3-10H2,1-2H3,(H,15,20)(H,18,19). The van der Waals surface area contributed by atoms with Crippen molar-refractivity contribution < 1.29 is 19.8 Å². The number of aliphatic hydroxyl groups is 1. The van der Waals surface area contributed by atoms with Crippen molar-refractivity contribution in [3.05, 3.63) is 0 Å². The maximum atomic E-state index is 12.1. The second-order valence-electron chi connectivity index (χ2n) is 5.59. The van der Waals surface area contributed by atoms with Crippen LogP contribution in [0.4, 0.5) is 4.79 Å². The molecule has 0 saturated carbocycles. The van der Waals surface area contributed by atoms with E-state index in [2.05, 4.69) is 5.32 Å². The van der Waals surface area contributed by atoms with Gasteiger partial charge in [0.15, 0.2) is 0 Å². The molecule has 6 nitrogen and oxygen atoms in total. The van der Waals surface area contributed by atoms with Crippen LogP contribution in [0.25, 0.3) is 0 Å². The summed E-state index contributed by atoms with van der Waals surface area (Å²) in [5.74, 6) is -0.731. The largest absolute Gasteiger partial charge is 0.481 e. The lowest BCUT2D eigenvalue weighted by Crippen LogP contribution is -2.50. The first-order valence-corrected chi connectivity index (χ1v) is 7.36. The van der Waals surface area contributed by atoms with Crippen molar-refractivity contribution in [3.8, 4) is 0 Å². The van der Waals surface area contributed by atoms with Gasteiger partial charge < -0.3 is 20.4 Å². The topological polar surface area (TPSA) is 89.9 Å². The quantitative estimate of drug-likeness (QED) is 0.686. The van der Waals surface area contributed by atoms with Crippen LogP contribution >= 0.6 is 0 Å². The molecular formula is C14H26N2O4. The molecular weight excluding hydrogens is 260 g/mol. The van der Waals surface area contributed by atoms with Crippen LogP contribution in [0, 0.1) is 11.3 Å². The zero-order valence-corrected chi connectivity index (χ0v) is 12.4.